The molecule has 0 saturated carbocycles. The number of nitrogens with one attached hydrogen (secondary N) is 1. The number of carbonyl (C=O) groups is 3. The van der Waals surface area contributed by atoms with Crippen LogP contribution < -0.4 is 4.74 Å². The van der Waals surface area contributed by atoms with E-state index in [2.05, 4.69) is 9.97 Å². The quantitative estimate of drug-likeness (QED) is 0.214. The number of aliphatic hydroxyl groups excluding tert-OH is 1. The van der Waals surface area contributed by atoms with Gasteiger partial charge >= 0.3 is 5.97 Å². The number of methoxy groups -OCH3 is 2. The van der Waals surface area contributed by atoms with Crippen LogP contribution in [0.15, 0.2) is 48.6 Å². The summed E-state index contributed by atoms with van der Waals surface area (Å²) in [6.45, 7) is 4.20. The number of nitrogens with zero attached hydrogens (tertiary/aromatic N) is 3. The van der Waals surface area contributed by atoms with Crippen molar-refractivity contribution in [3.63, 3.8) is 0 Å². The number of hydrogen-bond donors (Lipinski definition) is 2. The van der Waals surface area contributed by atoms with E-state index >= 15 is 0 Å². The van der Waals surface area contributed by atoms with E-state index in [-0.39, 0.29) is 23.6 Å². The van der Waals surface area contributed by atoms with Gasteiger partial charge in [0.2, 0.25) is 0 Å². The molecule has 3 aromatic rings. The minimum absolute atomic E-state index is 0.0440. The van der Waals surface area contributed by atoms with Crippen LogP contribution >= 0.6 is 0 Å². The molecule has 1 saturated heterocycles. The number of rotatable bonds is 8. The lowest BCUT2D eigenvalue weighted by molar-refractivity contribution is -0.139. The third-order valence-corrected chi connectivity index (χ3v) is 6.39. The van der Waals surface area contributed by atoms with Gasteiger partial charge in [0.1, 0.15) is 17.2 Å². The van der Waals surface area contributed by atoms with Crippen LogP contribution in [-0.2, 0) is 20.9 Å². The maximum absolute atomic E-state index is 13.3. The summed E-state index contributed by atoms with van der Waals surface area (Å²) < 4.78 is 12.1. The summed E-state index contributed by atoms with van der Waals surface area (Å²) in [4.78, 5) is 47.1. The van der Waals surface area contributed by atoms with Crippen LogP contribution in [0.3, 0.4) is 0 Å². The Morgan fingerprint density at radius 3 is 2.64 bits per heavy atom. The van der Waals surface area contributed by atoms with E-state index in [9.17, 15) is 19.5 Å². The van der Waals surface area contributed by atoms with Crippen LogP contribution in [-0.4, -0.2) is 63.0 Å². The second-order valence-electron chi connectivity index (χ2n) is 8.54. The second kappa shape index (κ2) is 10.1. The molecular weight excluding hydrogens is 464 g/mol. The van der Waals surface area contributed by atoms with Crippen molar-refractivity contribution in [3.05, 3.63) is 76.6 Å². The normalized spacial score (nSPS) is 17.0. The van der Waals surface area contributed by atoms with Gasteiger partial charge in [-0.05, 0) is 43.5 Å². The Morgan fingerprint density at radius 2 is 1.97 bits per heavy atom. The Labute approximate surface area is 208 Å². The van der Waals surface area contributed by atoms with Crippen LogP contribution in [0.4, 0.5) is 0 Å². The van der Waals surface area contributed by atoms with E-state index < -0.39 is 23.7 Å². The van der Waals surface area contributed by atoms with E-state index in [1.165, 1.54) is 19.1 Å². The van der Waals surface area contributed by atoms with Gasteiger partial charge in [0.25, 0.3) is 11.7 Å². The van der Waals surface area contributed by atoms with Gasteiger partial charge in [-0.3, -0.25) is 9.59 Å². The first-order chi connectivity index (χ1) is 17.3. The molecule has 36 heavy (non-hydrogen) atoms. The summed E-state index contributed by atoms with van der Waals surface area (Å²) in [6, 6.07) is 6.22. The number of esters is 1. The lowest BCUT2D eigenvalue weighted by Crippen LogP contribution is -2.31. The molecule has 1 aliphatic heterocycles. The van der Waals surface area contributed by atoms with Gasteiger partial charge in [-0.25, -0.2) is 9.78 Å². The standard InChI is InChI=1S/C26H28N4O6/c1-15-19(16(2)28-21(15)26(34)36-4)23(31)20-22(17-7-5-8-18(13-17)35-3)30(25(33)24(20)32)11-6-10-29-12-9-27-14-29/h5,7-9,12-14,22,28,31H,6,10-11H2,1-4H3. The van der Waals surface area contributed by atoms with Crippen molar-refractivity contribution < 1.29 is 29.0 Å². The van der Waals surface area contributed by atoms with Crippen molar-refractivity contribution in [2.75, 3.05) is 20.8 Å². The summed E-state index contributed by atoms with van der Waals surface area (Å²) in [5, 5.41) is 11.5. The highest BCUT2D eigenvalue weighted by Gasteiger charge is 2.46. The number of H-pyrrole nitrogens is 1. The first-order valence-electron chi connectivity index (χ1n) is 11.4. The van der Waals surface area contributed by atoms with E-state index in [0.717, 1.165) is 0 Å². The summed E-state index contributed by atoms with van der Waals surface area (Å²) in [6.07, 6.45) is 5.75. The number of Topliss-reactive ketones (excluding diaryl/α,β-unsaturated/α-hetero) is 1. The number of aryl methyl sites for hydroxylation is 2. The van der Waals surface area contributed by atoms with Crippen molar-refractivity contribution in [3.8, 4) is 5.75 Å². The van der Waals surface area contributed by atoms with Crippen molar-refractivity contribution >= 4 is 23.4 Å². The number of likely N-dealkylation sites (tertiary alicyclic amines) is 1. The Hall–Kier alpha value is -4.34. The Balaban J connectivity index is 1.81. The topological polar surface area (TPSA) is 127 Å². The highest BCUT2D eigenvalue weighted by Crippen LogP contribution is 2.41. The maximum atomic E-state index is 13.3. The van der Waals surface area contributed by atoms with Gasteiger partial charge in [-0.15, -0.1) is 0 Å². The molecule has 1 amide bonds. The largest absolute Gasteiger partial charge is 0.507 e. The Morgan fingerprint density at radius 1 is 1.19 bits per heavy atom. The van der Waals surface area contributed by atoms with Crippen LogP contribution in [0.25, 0.3) is 5.76 Å². The molecule has 188 valence electrons. The highest BCUT2D eigenvalue weighted by atomic mass is 16.5. The third kappa shape index (κ3) is 4.37. The third-order valence-electron chi connectivity index (χ3n) is 6.39. The molecule has 0 radical (unpaired) electrons. The second-order valence-corrected chi connectivity index (χ2v) is 8.54. The van der Waals surface area contributed by atoms with E-state index in [0.29, 0.717) is 41.1 Å². The smallest absolute Gasteiger partial charge is 0.354 e. The molecule has 2 aromatic heterocycles. The van der Waals surface area contributed by atoms with Crippen LogP contribution in [0.1, 0.15) is 45.3 Å². The molecule has 10 heteroatoms. The maximum Gasteiger partial charge on any atom is 0.354 e. The summed E-state index contributed by atoms with van der Waals surface area (Å²) in [5.74, 6) is -1.88. The van der Waals surface area contributed by atoms with Gasteiger partial charge in [-0.2, -0.15) is 0 Å². The summed E-state index contributed by atoms with van der Waals surface area (Å²) in [5.41, 5.74) is 1.94. The zero-order chi connectivity index (χ0) is 26.0. The average Bonchev–Trinajstić information content (AvgIpc) is 3.57. The molecule has 3 heterocycles. The number of ether oxygens (including phenoxy) is 2. The SMILES string of the molecule is COC(=O)c1[nH]c(C)c(C(O)=C2C(=O)C(=O)N(CCCn3ccnc3)C2c2cccc(OC)c2)c1C. The molecule has 1 aromatic carbocycles. The van der Waals surface area contributed by atoms with E-state index in [4.69, 9.17) is 9.47 Å². The molecule has 1 atom stereocenters. The lowest BCUT2D eigenvalue weighted by Gasteiger charge is -2.25. The molecule has 1 aliphatic rings. The molecule has 2 N–H and O–H groups in total. The van der Waals surface area contributed by atoms with Gasteiger partial charge < -0.3 is 29.0 Å². The summed E-state index contributed by atoms with van der Waals surface area (Å²) >= 11 is 0. The minimum Gasteiger partial charge on any atom is -0.507 e. The number of imidazole rings is 1. The number of hydrogen-bond acceptors (Lipinski definition) is 7. The lowest BCUT2D eigenvalue weighted by atomic mass is 9.94. The fourth-order valence-electron chi connectivity index (χ4n) is 4.66. The first kappa shape index (κ1) is 24.8. The number of aromatic nitrogens is 3. The van der Waals surface area contributed by atoms with Crippen molar-refractivity contribution in [1.29, 1.82) is 0 Å². The highest BCUT2D eigenvalue weighted by molar-refractivity contribution is 6.46. The molecule has 1 fully saturated rings. The predicted octanol–water partition coefficient (Wildman–Crippen LogP) is 3.14. The van der Waals surface area contributed by atoms with Gasteiger partial charge in [0.05, 0.1) is 32.2 Å². The molecule has 0 aliphatic carbocycles. The van der Waals surface area contributed by atoms with Crippen LogP contribution in [0.2, 0.25) is 0 Å². The Kier molecular flexibility index (Phi) is 6.96. The number of ketones is 1. The zero-order valence-electron chi connectivity index (χ0n) is 20.6. The van der Waals surface area contributed by atoms with Crippen molar-refractivity contribution in [2.45, 2.75) is 32.9 Å². The fraction of sp³-hybridized carbons (Fsp3) is 0.308. The fourth-order valence-corrected chi connectivity index (χ4v) is 4.66. The van der Waals surface area contributed by atoms with Gasteiger partial charge in [0, 0.05) is 36.7 Å². The van der Waals surface area contributed by atoms with E-state index in [1.54, 1.807) is 50.6 Å². The van der Waals surface area contributed by atoms with Gasteiger partial charge in [-0.1, -0.05) is 12.1 Å². The van der Waals surface area contributed by atoms with Crippen LogP contribution in [0, 0.1) is 13.8 Å². The molecule has 1 unspecified atom stereocenters. The minimum atomic E-state index is -0.835. The monoisotopic (exact) mass is 492 g/mol. The summed E-state index contributed by atoms with van der Waals surface area (Å²) in [7, 11) is 2.79. The number of aromatic amines is 1. The number of benzene rings is 1. The van der Waals surface area contributed by atoms with Crippen molar-refractivity contribution in [1.82, 2.24) is 19.4 Å². The number of amides is 1. The molecule has 0 spiro atoms. The number of aliphatic hydroxyl groups is 1. The van der Waals surface area contributed by atoms with Gasteiger partial charge in [0.15, 0.2) is 0 Å². The molecular formula is C26H28N4O6. The zero-order valence-corrected chi connectivity index (χ0v) is 20.6. The average molecular weight is 493 g/mol. The molecule has 10 nitrogen and oxygen atoms in total. The predicted molar refractivity (Wildman–Crippen MR) is 130 cm³/mol. The van der Waals surface area contributed by atoms with Crippen LogP contribution in [0.5, 0.6) is 5.75 Å². The molecule has 4 rings (SSSR count). The Bertz CT molecular complexity index is 1340. The van der Waals surface area contributed by atoms with E-state index in [1.807, 2.05) is 10.8 Å². The van der Waals surface area contributed by atoms with Crippen molar-refractivity contribution in [2.24, 2.45) is 0 Å². The number of carbonyl (C=O) groups excluding carboxylic acids is 3. The first-order valence-corrected chi connectivity index (χ1v) is 11.4. The molecule has 0 bridgehead atoms.